The Balaban J connectivity index is 0.000000203. The first kappa shape index (κ1) is 57.0. The number of nitrogens with two attached hydrogens (primary N) is 1. The summed E-state index contributed by atoms with van der Waals surface area (Å²) in [7, 11) is 0. The maximum absolute atomic E-state index is 12.7. The smallest absolute Gasteiger partial charge is 0.486 e. The van der Waals surface area contributed by atoms with Gasteiger partial charge < -0.3 is 56.2 Å². The number of carbonyl (C=O) groups is 5. The molecule has 0 aromatic heterocycles. The molecule has 8 N–H and O–H groups in total. The van der Waals surface area contributed by atoms with Crippen LogP contribution in [0.1, 0.15) is 57.8 Å². The van der Waals surface area contributed by atoms with E-state index in [0.29, 0.717) is 68.0 Å². The molecule has 2 atom stereocenters. The lowest BCUT2D eigenvalue weighted by atomic mass is 9.83. The van der Waals surface area contributed by atoms with Gasteiger partial charge in [0, 0.05) is 44.6 Å². The van der Waals surface area contributed by atoms with E-state index < -0.39 is 30.3 Å². The van der Waals surface area contributed by atoms with E-state index in [9.17, 15) is 32.3 Å². The molecule has 2 amide bonds. The lowest BCUT2D eigenvalue weighted by Gasteiger charge is -2.31. The molecule has 2 aliphatic carbocycles. The minimum atomic E-state index is -5.08. The van der Waals surface area contributed by atoms with Crippen LogP contribution in [0.25, 0.3) is 0 Å². The monoisotopic (exact) mass is 1090 g/mol. The van der Waals surface area contributed by atoms with Crippen LogP contribution in [0.2, 0.25) is 20.1 Å². The number of anilines is 2. The van der Waals surface area contributed by atoms with E-state index in [-0.39, 0.29) is 49.4 Å². The Labute approximate surface area is 433 Å². The summed E-state index contributed by atoms with van der Waals surface area (Å²) in [5, 5.41) is 30.6. The van der Waals surface area contributed by atoms with Gasteiger partial charge in [0.15, 0.2) is 18.5 Å². The van der Waals surface area contributed by atoms with Crippen LogP contribution in [0.15, 0.2) is 84.9 Å². The standard InChI is InChI=1S/C24H26Cl2N2O4.C14H19ClN2O2.C9H8ClNO3.C2HF3O2/c25-16-3-8-20(9-4-16)31-14-19(29)11-15-1-6-18(7-2-15)28-24(30)23-13-27-21-12-17(26)5-10-22(21)32-23;15-10-1-7-13(8-2-10)19-9-14(18)17-12-5-3-11(16)4-6-12;10-5-1-2-7-6(3-5)11-4-8(14-7)9(12)13;3-2(4,5)1(6)7/h3-5,8-10,12,15,18,23,27H,1-2,6-7,11,13-14H2,(H,28,30);1-2,7-8,11-12H,3-6,9,16H2,(H,17,18);1-3,8,11H,4H2,(H,12,13);(H,6,7). The number of aliphatic carboxylic acids is 2. The zero-order chi connectivity index (χ0) is 52.4. The number of amides is 2. The summed E-state index contributed by atoms with van der Waals surface area (Å²) in [6, 6.07) is 24.9. The summed E-state index contributed by atoms with van der Waals surface area (Å²) in [6.07, 6.45) is 1.39. The number of benzene rings is 4. The Morgan fingerprint density at radius 1 is 0.625 bits per heavy atom. The molecule has 2 unspecified atom stereocenters. The van der Waals surface area contributed by atoms with Crippen molar-refractivity contribution in [3.8, 4) is 23.0 Å². The highest BCUT2D eigenvalue weighted by atomic mass is 35.5. The number of alkyl halides is 3. The summed E-state index contributed by atoms with van der Waals surface area (Å²) in [5.41, 5.74) is 7.36. The van der Waals surface area contributed by atoms with Gasteiger partial charge in [-0.3, -0.25) is 14.4 Å². The highest BCUT2D eigenvalue weighted by Gasteiger charge is 2.38. The lowest BCUT2D eigenvalue weighted by molar-refractivity contribution is -0.192. The number of ketones is 1. The van der Waals surface area contributed by atoms with Crippen molar-refractivity contribution in [1.29, 1.82) is 0 Å². The summed E-state index contributed by atoms with van der Waals surface area (Å²) < 4.78 is 53.7. The Hall–Kier alpha value is -5.86. The molecular formula is C49H54Cl4F3N5O11. The largest absolute Gasteiger partial charge is 0.490 e. The number of carboxylic acids is 2. The molecule has 390 valence electrons. The molecule has 0 saturated heterocycles. The summed E-state index contributed by atoms with van der Waals surface area (Å²) in [6.45, 7) is 0.751. The first-order valence-corrected chi connectivity index (χ1v) is 24.3. The Bertz CT molecular complexity index is 2440. The molecule has 4 aromatic rings. The predicted octanol–water partition coefficient (Wildman–Crippen LogP) is 9.22. The SMILES string of the molecule is NC1CCC(NC(=O)COc2ccc(Cl)cc2)CC1.O=C(COc1ccc(Cl)cc1)CC1CCC(NC(=O)C2CNc3cc(Cl)ccc3O2)CC1.O=C(O)C(F)(F)F.O=C(O)C1CNc2cc(Cl)ccc2O1. The van der Waals surface area contributed by atoms with E-state index in [1.54, 1.807) is 84.9 Å². The zero-order valence-electron chi connectivity index (χ0n) is 38.5. The quantitative estimate of drug-likeness (QED) is 0.0701. The summed E-state index contributed by atoms with van der Waals surface area (Å²) >= 11 is 23.4. The number of ether oxygens (including phenoxy) is 4. The third-order valence-electron chi connectivity index (χ3n) is 11.4. The minimum absolute atomic E-state index is 0.0319. The third-order valence-corrected chi connectivity index (χ3v) is 12.4. The van der Waals surface area contributed by atoms with Crippen LogP contribution in [-0.2, 0) is 24.0 Å². The first-order valence-electron chi connectivity index (χ1n) is 22.8. The third kappa shape index (κ3) is 19.6. The van der Waals surface area contributed by atoms with E-state index in [1.165, 1.54) is 0 Å². The summed E-state index contributed by atoms with van der Waals surface area (Å²) in [4.78, 5) is 56.2. The molecule has 8 rings (SSSR count). The van der Waals surface area contributed by atoms with Crippen molar-refractivity contribution in [2.75, 3.05) is 36.9 Å². The van der Waals surface area contributed by atoms with Crippen LogP contribution in [0.4, 0.5) is 24.5 Å². The number of Topliss-reactive ketones (excluding diaryl/α,β-unsaturated/α-hetero) is 1. The predicted molar refractivity (Wildman–Crippen MR) is 266 cm³/mol. The molecule has 2 fully saturated rings. The van der Waals surface area contributed by atoms with E-state index in [1.807, 2.05) is 0 Å². The van der Waals surface area contributed by atoms with Crippen LogP contribution in [0, 0.1) is 5.92 Å². The van der Waals surface area contributed by atoms with Gasteiger partial charge in [-0.1, -0.05) is 46.4 Å². The second-order valence-electron chi connectivity index (χ2n) is 17.0. The van der Waals surface area contributed by atoms with Crippen molar-refractivity contribution in [3.05, 3.63) is 105 Å². The average molecular weight is 1090 g/mol. The Kier molecular flexibility index (Phi) is 22.0. The van der Waals surface area contributed by atoms with Crippen LogP contribution in [0.3, 0.4) is 0 Å². The maximum atomic E-state index is 12.7. The molecule has 16 nitrogen and oxygen atoms in total. The zero-order valence-corrected chi connectivity index (χ0v) is 41.6. The first-order chi connectivity index (χ1) is 34.2. The second-order valence-corrected chi connectivity index (χ2v) is 18.8. The van der Waals surface area contributed by atoms with Gasteiger partial charge in [0.2, 0.25) is 6.10 Å². The molecule has 0 bridgehead atoms. The van der Waals surface area contributed by atoms with Gasteiger partial charge in [0.05, 0.1) is 24.5 Å². The normalized spacial score (nSPS) is 20.7. The number of halogens is 7. The highest BCUT2D eigenvalue weighted by Crippen LogP contribution is 2.33. The molecule has 2 saturated carbocycles. The van der Waals surface area contributed by atoms with Gasteiger partial charge in [-0.05, 0) is 142 Å². The maximum Gasteiger partial charge on any atom is 0.490 e. The van der Waals surface area contributed by atoms with Crippen LogP contribution < -0.4 is 45.9 Å². The molecule has 72 heavy (non-hydrogen) atoms. The molecule has 4 aromatic carbocycles. The summed E-state index contributed by atoms with van der Waals surface area (Å²) in [5.74, 6) is -1.09. The van der Waals surface area contributed by atoms with Gasteiger partial charge in [-0.15, -0.1) is 0 Å². The van der Waals surface area contributed by atoms with Crippen LogP contribution in [-0.4, -0.2) is 103 Å². The molecule has 2 heterocycles. The van der Waals surface area contributed by atoms with Gasteiger partial charge in [-0.2, -0.15) is 13.2 Å². The fourth-order valence-corrected chi connectivity index (χ4v) is 8.25. The molecule has 2 aliphatic heterocycles. The van der Waals surface area contributed by atoms with E-state index in [2.05, 4.69) is 21.3 Å². The van der Waals surface area contributed by atoms with Crippen molar-refractivity contribution in [3.63, 3.8) is 0 Å². The van der Waals surface area contributed by atoms with Crippen molar-refractivity contribution < 1.29 is 66.3 Å². The van der Waals surface area contributed by atoms with Crippen molar-refractivity contribution >= 4 is 87.3 Å². The van der Waals surface area contributed by atoms with Gasteiger partial charge in [0.25, 0.3) is 11.8 Å². The number of nitrogens with one attached hydrogen (secondary N) is 4. The van der Waals surface area contributed by atoms with E-state index in [4.69, 9.17) is 86.1 Å². The van der Waals surface area contributed by atoms with E-state index in [0.717, 1.165) is 62.7 Å². The number of fused-ring (bicyclic) bond motifs is 2. The Morgan fingerprint density at radius 2 is 1.06 bits per heavy atom. The van der Waals surface area contributed by atoms with Crippen LogP contribution >= 0.6 is 46.4 Å². The molecule has 0 radical (unpaired) electrons. The van der Waals surface area contributed by atoms with Gasteiger partial charge in [-0.25, -0.2) is 9.59 Å². The number of hydrogen-bond acceptors (Lipinski definition) is 12. The van der Waals surface area contributed by atoms with Crippen molar-refractivity contribution in [2.24, 2.45) is 11.7 Å². The Morgan fingerprint density at radius 3 is 1.54 bits per heavy atom. The van der Waals surface area contributed by atoms with Crippen molar-refractivity contribution in [1.82, 2.24) is 10.6 Å². The fourth-order valence-electron chi connectivity index (χ4n) is 7.66. The van der Waals surface area contributed by atoms with E-state index >= 15 is 0 Å². The molecule has 23 heteroatoms. The number of rotatable bonds is 12. The van der Waals surface area contributed by atoms with Crippen LogP contribution in [0.5, 0.6) is 23.0 Å². The number of hydrogen-bond donors (Lipinski definition) is 7. The second kappa shape index (κ2) is 27.8. The molecular weight excluding hydrogens is 1030 g/mol. The molecule has 0 spiro atoms. The topological polar surface area (TPSA) is 237 Å². The van der Waals surface area contributed by atoms with Gasteiger partial charge >= 0.3 is 18.1 Å². The number of carbonyl (C=O) groups excluding carboxylic acids is 3. The van der Waals surface area contributed by atoms with Gasteiger partial charge in [0.1, 0.15) is 29.6 Å². The lowest BCUT2D eigenvalue weighted by Crippen LogP contribution is -2.49. The molecule has 4 aliphatic rings. The van der Waals surface area contributed by atoms with Crippen molar-refractivity contribution in [2.45, 2.75) is 94.3 Å². The minimum Gasteiger partial charge on any atom is -0.486 e. The fraction of sp³-hybridized carbons (Fsp3) is 0.408. The number of carboxylic acid groups (broad SMARTS) is 2. The average Bonchev–Trinajstić information content (AvgIpc) is 3.35. The highest BCUT2D eigenvalue weighted by molar-refractivity contribution is 6.31.